The summed E-state index contributed by atoms with van der Waals surface area (Å²) in [6.07, 6.45) is -0.175. The smallest absolute Gasteiger partial charge is 0.221 e. The fourth-order valence-corrected chi connectivity index (χ4v) is 3.48. The van der Waals surface area contributed by atoms with Crippen molar-refractivity contribution in [2.75, 3.05) is 66.2 Å². The number of hydrogen-bond donors (Lipinski definition) is 2. The van der Waals surface area contributed by atoms with E-state index in [9.17, 15) is 9.90 Å². The number of methoxy groups -OCH3 is 1. The Morgan fingerprint density at radius 1 is 1.18 bits per heavy atom. The topological polar surface area (TPSA) is 83.5 Å². The summed E-state index contributed by atoms with van der Waals surface area (Å²) in [6.45, 7) is 6.88. The molecule has 2 aliphatic rings. The molecule has 2 fully saturated rings. The van der Waals surface area contributed by atoms with Gasteiger partial charge in [0.1, 0.15) is 12.7 Å². The third kappa shape index (κ3) is 6.34. The normalized spacial score (nSPS) is 20.3. The van der Waals surface area contributed by atoms with Gasteiger partial charge in [0.25, 0.3) is 0 Å². The van der Waals surface area contributed by atoms with Crippen LogP contribution in [-0.2, 0) is 16.1 Å². The fourth-order valence-electron chi connectivity index (χ4n) is 3.48. The van der Waals surface area contributed by atoms with Gasteiger partial charge in [-0.1, -0.05) is 6.07 Å². The van der Waals surface area contributed by atoms with Crippen LogP contribution in [0, 0.1) is 0 Å². The first-order valence-corrected chi connectivity index (χ1v) is 9.91. The van der Waals surface area contributed by atoms with Crippen LogP contribution in [0.3, 0.4) is 0 Å². The van der Waals surface area contributed by atoms with Crippen LogP contribution >= 0.6 is 0 Å². The van der Waals surface area contributed by atoms with Gasteiger partial charge in [0, 0.05) is 52.2 Å². The maximum absolute atomic E-state index is 11.4. The third-order valence-electron chi connectivity index (χ3n) is 5.04. The molecule has 1 aromatic rings. The minimum absolute atomic E-state index is 0.0649. The molecule has 0 saturated carbocycles. The molecule has 1 unspecified atom stereocenters. The van der Waals surface area contributed by atoms with Crippen LogP contribution in [0.25, 0.3) is 0 Å². The number of carbonyl (C=O) groups is 1. The van der Waals surface area contributed by atoms with E-state index in [1.807, 2.05) is 18.2 Å². The van der Waals surface area contributed by atoms with Crippen molar-refractivity contribution in [3.8, 4) is 11.5 Å². The Kier molecular flexibility index (Phi) is 7.90. The van der Waals surface area contributed by atoms with Crippen molar-refractivity contribution in [2.45, 2.75) is 19.1 Å². The SMILES string of the molecule is COc1ccc(CN2CCOCC2)cc1OCC(O)CN1CCNC(=O)CC1. The lowest BCUT2D eigenvalue weighted by Gasteiger charge is -2.27. The lowest BCUT2D eigenvalue weighted by molar-refractivity contribution is -0.120. The maximum Gasteiger partial charge on any atom is 0.221 e. The van der Waals surface area contributed by atoms with Crippen LogP contribution in [0.5, 0.6) is 11.5 Å². The zero-order valence-electron chi connectivity index (χ0n) is 16.6. The van der Waals surface area contributed by atoms with Crippen molar-refractivity contribution in [3.05, 3.63) is 23.8 Å². The molecule has 0 radical (unpaired) electrons. The van der Waals surface area contributed by atoms with E-state index in [1.165, 1.54) is 0 Å². The van der Waals surface area contributed by atoms with Gasteiger partial charge in [-0.15, -0.1) is 0 Å². The number of amides is 1. The molecule has 2 aliphatic heterocycles. The van der Waals surface area contributed by atoms with E-state index in [0.717, 1.165) is 45.0 Å². The van der Waals surface area contributed by atoms with Gasteiger partial charge < -0.3 is 24.6 Å². The molecule has 8 nitrogen and oxygen atoms in total. The van der Waals surface area contributed by atoms with Gasteiger partial charge >= 0.3 is 0 Å². The summed E-state index contributed by atoms with van der Waals surface area (Å²) in [5, 5.41) is 13.2. The quantitative estimate of drug-likeness (QED) is 0.648. The lowest BCUT2D eigenvalue weighted by atomic mass is 10.2. The van der Waals surface area contributed by atoms with Crippen molar-refractivity contribution >= 4 is 5.91 Å². The summed E-state index contributed by atoms with van der Waals surface area (Å²) in [4.78, 5) is 15.8. The molecule has 0 bridgehead atoms. The number of hydrogen-bond acceptors (Lipinski definition) is 7. The third-order valence-corrected chi connectivity index (χ3v) is 5.04. The van der Waals surface area contributed by atoms with Crippen LogP contribution in [0.4, 0.5) is 0 Å². The number of benzene rings is 1. The average Bonchev–Trinajstić information content (AvgIpc) is 2.91. The molecule has 3 rings (SSSR count). The van der Waals surface area contributed by atoms with Gasteiger partial charge in [-0.25, -0.2) is 0 Å². The Morgan fingerprint density at radius 3 is 2.79 bits per heavy atom. The van der Waals surface area contributed by atoms with E-state index in [1.54, 1.807) is 7.11 Å². The van der Waals surface area contributed by atoms with Crippen molar-refractivity contribution < 1.29 is 24.1 Å². The Balaban J connectivity index is 1.52. The van der Waals surface area contributed by atoms with Gasteiger partial charge in [-0.2, -0.15) is 0 Å². The van der Waals surface area contributed by atoms with Crippen LogP contribution in [-0.4, -0.2) is 93.1 Å². The molecule has 28 heavy (non-hydrogen) atoms. The summed E-state index contributed by atoms with van der Waals surface area (Å²) >= 11 is 0. The van der Waals surface area contributed by atoms with Gasteiger partial charge in [0.2, 0.25) is 5.91 Å². The maximum atomic E-state index is 11.4. The monoisotopic (exact) mass is 393 g/mol. The summed E-state index contributed by atoms with van der Waals surface area (Å²) in [5.41, 5.74) is 1.14. The fraction of sp³-hybridized carbons (Fsp3) is 0.650. The van der Waals surface area contributed by atoms with Crippen molar-refractivity contribution in [3.63, 3.8) is 0 Å². The molecule has 156 valence electrons. The number of carbonyl (C=O) groups excluding carboxylic acids is 1. The number of aliphatic hydroxyl groups excluding tert-OH is 1. The predicted molar refractivity (Wildman–Crippen MR) is 105 cm³/mol. The highest BCUT2D eigenvalue weighted by atomic mass is 16.5. The number of ether oxygens (including phenoxy) is 3. The van der Waals surface area contributed by atoms with Crippen LogP contribution in [0.15, 0.2) is 18.2 Å². The average molecular weight is 393 g/mol. The Bertz CT molecular complexity index is 636. The van der Waals surface area contributed by atoms with Gasteiger partial charge in [-0.3, -0.25) is 14.6 Å². The van der Waals surface area contributed by atoms with Gasteiger partial charge in [-0.05, 0) is 17.7 Å². The van der Waals surface area contributed by atoms with E-state index >= 15 is 0 Å². The summed E-state index contributed by atoms with van der Waals surface area (Å²) in [6, 6.07) is 5.93. The van der Waals surface area contributed by atoms with E-state index in [4.69, 9.17) is 14.2 Å². The van der Waals surface area contributed by atoms with E-state index in [-0.39, 0.29) is 12.5 Å². The highest BCUT2D eigenvalue weighted by Gasteiger charge is 2.18. The van der Waals surface area contributed by atoms with Crippen LogP contribution in [0.1, 0.15) is 12.0 Å². The lowest BCUT2D eigenvalue weighted by Crippen LogP contribution is -2.37. The van der Waals surface area contributed by atoms with E-state index in [2.05, 4.69) is 15.1 Å². The molecule has 8 heteroatoms. The first-order chi connectivity index (χ1) is 13.6. The largest absolute Gasteiger partial charge is 0.493 e. The molecular formula is C20H31N3O5. The summed E-state index contributed by atoms with van der Waals surface area (Å²) in [7, 11) is 1.61. The molecule has 1 aromatic carbocycles. The molecule has 2 N–H and O–H groups in total. The summed E-state index contributed by atoms with van der Waals surface area (Å²) < 4.78 is 16.7. The van der Waals surface area contributed by atoms with Crippen molar-refractivity contribution in [1.29, 1.82) is 0 Å². The number of nitrogens with one attached hydrogen (secondary N) is 1. The molecule has 1 amide bonds. The standard InChI is InChI=1S/C20H31N3O5/c1-26-18-3-2-16(13-23-8-10-27-11-9-23)12-19(18)28-15-17(24)14-22-6-4-20(25)21-5-7-22/h2-3,12,17,24H,4-11,13-15H2,1H3,(H,21,25). The number of nitrogens with zero attached hydrogens (tertiary/aromatic N) is 2. The number of β-amino-alcohol motifs (C(OH)–C–C–N with tert-alkyl or cyclic N) is 1. The number of aliphatic hydroxyl groups is 1. The Labute approximate surface area is 166 Å². The number of rotatable bonds is 8. The first-order valence-electron chi connectivity index (χ1n) is 9.91. The minimum Gasteiger partial charge on any atom is -0.493 e. The zero-order chi connectivity index (χ0) is 19.8. The van der Waals surface area contributed by atoms with E-state index in [0.29, 0.717) is 37.6 Å². The van der Waals surface area contributed by atoms with Crippen molar-refractivity contribution in [1.82, 2.24) is 15.1 Å². The van der Waals surface area contributed by atoms with Gasteiger partial charge in [0.05, 0.1) is 20.3 Å². The van der Waals surface area contributed by atoms with Crippen LogP contribution in [0.2, 0.25) is 0 Å². The molecule has 0 spiro atoms. The molecule has 1 atom stereocenters. The zero-order valence-corrected chi connectivity index (χ0v) is 16.6. The first kappa shape index (κ1) is 20.9. The molecular weight excluding hydrogens is 362 g/mol. The highest BCUT2D eigenvalue weighted by Crippen LogP contribution is 2.29. The minimum atomic E-state index is -0.638. The predicted octanol–water partition coefficient (Wildman–Crippen LogP) is 0.0890. The molecule has 2 saturated heterocycles. The second-order valence-corrected chi connectivity index (χ2v) is 7.24. The second-order valence-electron chi connectivity index (χ2n) is 7.24. The molecule has 0 aliphatic carbocycles. The number of morpholine rings is 1. The van der Waals surface area contributed by atoms with Crippen LogP contribution < -0.4 is 14.8 Å². The Hall–Kier alpha value is -1.87. The van der Waals surface area contributed by atoms with E-state index < -0.39 is 6.10 Å². The highest BCUT2D eigenvalue weighted by molar-refractivity contribution is 5.76. The molecule has 0 aromatic heterocycles. The Morgan fingerprint density at radius 2 is 2.00 bits per heavy atom. The second kappa shape index (κ2) is 10.6. The summed E-state index contributed by atoms with van der Waals surface area (Å²) in [5.74, 6) is 1.36. The molecule has 2 heterocycles. The van der Waals surface area contributed by atoms with Crippen molar-refractivity contribution in [2.24, 2.45) is 0 Å². The van der Waals surface area contributed by atoms with Gasteiger partial charge in [0.15, 0.2) is 11.5 Å².